The van der Waals surface area contributed by atoms with Gasteiger partial charge in [0.15, 0.2) is 0 Å². The zero-order valence-electron chi connectivity index (χ0n) is 14.1. The molecule has 0 saturated carbocycles. The van der Waals surface area contributed by atoms with Crippen LogP contribution in [0.15, 0.2) is 34.8 Å². The molecule has 0 heterocycles. The van der Waals surface area contributed by atoms with Crippen LogP contribution in [0, 0.1) is 13.8 Å². The lowest BCUT2D eigenvalue weighted by Gasteiger charge is -2.26. The van der Waals surface area contributed by atoms with Gasteiger partial charge in [0.1, 0.15) is 0 Å². The summed E-state index contributed by atoms with van der Waals surface area (Å²) in [7, 11) is 2.06. The summed E-state index contributed by atoms with van der Waals surface area (Å²) < 4.78 is 0.931. The third-order valence-electron chi connectivity index (χ3n) is 3.94. The minimum absolute atomic E-state index is 0.159. The molecule has 0 aliphatic carbocycles. The first-order valence-electron chi connectivity index (χ1n) is 7.42. The molecular weight excluding hydrogens is 358 g/mol. The number of hydrogen-bond donors (Lipinski definition) is 0. The summed E-state index contributed by atoms with van der Waals surface area (Å²) >= 11 is 10.0. The highest BCUT2D eigenvalue weighted by Gasteiger charge is 2.17. The molecule has 0 spiro atoms. The van der Waals surface area contributed by atoms with Crippen LogP contribution in [0.1, 0.15) is 37.5 Å². The molecule has 22 heavy (non-hydrogen) atoms. The van der Waals surface area contributed by atoms with Crippen molar-refractivity contribution in [1.82, 2.24) is 0 Å². The molecule has 0 unspecified atom stereocenters. The minimum Gasteiger partial charge on any atom is -0.343 e. The maximum Gasteiger partial charge on any atom is 0.0785 e. The van der Waals surface area contributed by atoms with Crippen LogP contribution in [0.2, 0.25) is 5.02 Å². The standard InChI is InChI=1S/C19H23BrClN/c1-12-9-15(20)18(21)17(10-12)22(6)16-8-7-14(11-13(16)2)19(3,4)5/h7-11H,1-6H3. The van der Waals surface area contributed by atoms with E-state index in [4.69, 9.17) is 11.6 Å². The topological polar surface area (TPSA) is 3.24 Å². The largest absolute Gasteiger partial charge is 0.343 e. The van der Waals surface area contributed by atoms with E-state index in [1.165, 1.54) is 22.4 Å². The fraction of sp³-hybridized carbons (Fsp3) is 0.368. The first-order valence-corrected chi connectivity index (χ1v) is 8.59. The molecule has 0 aliphatic heterocycles. The Morgan fingerprint density at radius 1 is 1.00 bits per heavy atom. The van der Waals surface area contributed by atoms with E-state index in [0.29, 0.717) is 0 Å². The molecule has 118 valence electrons. The SMILES string of the molecule is Cc1cc(Br)c(Cl)c(N(C)c2ccc(C(C)(C)C)cc2C)c1. The molecule has 0 bridgehead atoms. The van der Waals surface area contributed by atoms with Crippen LogP contribution in [0.25, 0.3) is 0 Å². The number of benzene rings is 2. The number of halogens is 2. The average molecular weight is 381 g/mol. The van der Waals surface area contributed by atoms with Crippen LogP contribution < -0.4 is 4.90 Å². The van der Waals surface area contributed by atoms with Gasteiger partial charge in [-0.25, -0.2) is 0 Å². The van der Waals surface area contributed by atoms with E-state index in [-0.39, 0.29) is 5.41 Å². The second-order valence-electron chi connectivity index (χ2n) is 6.89. The third kappa shape index (κ3) is 3.49. The maximum absolute atomic E-state index is 6.48. The smallest absolute Gasteiger partial charge is 0.0785 e. The number of anilines is 2. The van der Waals surface area contributed by atoms with Gasteiger partial charge < -0.3 is 4.90 Å². The molecule has 0 atom stereocenters. The number of hydrogen-bond acceptors (Lipinski definition) is 1. The van der Waals surface area contributed by atoms with Crippen molar-refractivity contribution in [2.75, 3.05) is 11.9 Å². The van der Waals surface area contributed by atoms with E-state index < -0.39 is 0 Å². The Labute approximate surface area is 147 Å². The van der Waals surface area contributed by atoms with E-state index >= 15 is 0 Å². The maximum atomic E-state index is 6.48. The zero-order chi connectivity index (χ0) is 16.7. The van der Waals surface area contributed by atoms with Gasteiger partial charge in [-0.3, -0.25) is 0 Å². The first kappa shape index (κ1) is 17.4. The second kappa shape index (κ2) is 6.25. The third-order valence-corrected chi connectivity index (χ3v) is 5.19. The van der Waals surface area contributed by atoms with Crippen LogP contribution in [0.4, 0.5) is 11.4 Å². The quantitative estimate of drug-likeness (QED) is 0.554. The molecule has 2 rings (SSSR count). The second-order valence-corrected chi connectivity index (χ2v) is 8.12. The molecule has 0 saturated heterocycles. The lowest BCUT2D eigenvalue weighted by molar-refractivity contribution is 0.590. The van der Waals surface area contributed by atoms with Crippen molar-refractivity contribution in [2.45, 2.75) is 40.0 Å². The molecule has 0 fully saturated rings. The molecule has 1 nitrogen and oxygen atoms in total. The van der Waals surface area contributed by atoms with E-state index in [2.05, 4.69) is 86.8 Å². The Morgan fingerprint density at radius 2 is 1.64 bits per heavy atom. The van der Waals surface area contributed by atoms with Crippen molar-refractivity contribution in [1.29, 1.82) is 0 Å². The number of rotatable bonds is 2. The highest BCUT2D eigenvalue weighted by atomic mass is 79.9. The van der Waals surface area contributed by atoms with Gasteiger partial charge in [0.25, 0.3) is 0 Å². The average Bonchev–Trinajstić information content (AvgIpc) is 2.41. The molecule has 0 N–H and O–H groups in total. The van der Waals surface area contributed by atoms with Crippen LogP contribution >= 0.6 is 27.5 Å². The molecule has 0 amide bonds. The van der Waals surface area contributed by atoms with Gasteiger partial charge in [-0.1, -0.05) is 44.5 Å². The predicted molar refractivity (Wildman–Crippen MR) is 102 cm³/mol. The molecule has 2 aromatic rings. The highest BCUT2D eigenvalue weighted by molar-refractivity contribution is 9.10. The summed E-state index contributed by atoms with van der Waals surface area (Å²) in [5.74, 6) is 0. The highest BCUT2D eigenvalue weighted by Crippen LogP contribution is 2.38. The normalized spacial score (nSPS) is 11.6. The van der Waals surface area contributed by atoms with Crippen molar-refractivity contribution in [2.24, 2.45) is 0 Å². The van der Waals surface area contributed by atoms with Crippen molar-refractivity contribution in [3.05, 3.63) is 56.5 Å². The predicted octanol–water partition coefficient (Wildman–Crippen LogP) is 6.78. The van der Waals surface area contributed by atoms with Gasteiger partial charge in [-0.15, -0.1) is 0 Å². The Kier molecular flexibility index (Phi) is 4.93. The fourth-order valence-electron chi connectivity index (χ4n) is 2.58. The van der Waals surface area contributed by atoms with Crippen molar-refractivity contribution in [3.63, 3.8) is 0 Å². The van der Waals surface area contributed by atoms with Gasteiger partial charge in [0, 0.05) is 17.2 Å². The zero-order valence-corrected chi connectivity index (χ0v) is 16.4. The fourth-order valence-corrected chi connectivity index (χ4v) is 3.38. The van der Waals surface area contributed by atoms with Crippen LogP contribution in [-0.2, 0) is 5.41 Å². The summed E-state index contributed by atoms with van der Waals surface area (Å²) in [6.07, 6.45) is 0. The first-order chi connectivity index (χ1) is 10.1. The molecule has 0 aromatic heterocycles. The Morgan fingerprint density at radius 3 is 2.18 bits per heavy atom. The summed E-state index contributed by atoms with van der Waals surface area (Å²) in [6, 6.07) is 10.8. The van der Waals surface area contributed by atoms with Gasteiger partial charge in [0.05, 0.1) is 10.7 Å². The van der Waals surface area contributed by atoms with Gasteiger partial charge in [-0.05, 0) is 70.1 Å². The summed E-state index contributed by atoms with van der Waals surface area (Å²) in [4.78, 5) is 2.15. The van der Waals surface area contributed by atoms with Crippen molar-refractivity contribution in [3.8, 4) is 0 Å². The van der Waals surface area contributed by atoms with Gasteiger partial charge in [-0.2, -0.15) is 0 Å². The monoisotopic (exact) mass is 379 g/mol. The molecule has 0 aliphatic rings. The molecular formula is C19H23BrClN. The Bertz CT molecular complexity index is 701. The molecule has 2 aromatic carbocycles. The van der Waals surface area contributed by atoms with E-state index in [9.17, 15) is 0 Å². The van der Waals surface area contributed by atoms with Gasteiger partial charge in [0.2, 0.25) is 0 Å². The Balaban J connectivity index is 2.49. The van der Waals surface area contributed by atoms with E-state index in [1.807, 2.05) is 6.07 Å². The van der Waals surface area contributed by atoms with E-state index in [1.54, 1.807) is 0 Å². The van der Waals surface area contributed by atoms with Crippen LogP contribution in [0.3, 0.4) is 0 Å². The van der Waals surface area contributed by atoms with Crippen molar-refractivity contribution < 1.29 is 0 Å². The van der Waals surface area contributed by atoms with Crippen LogP contribution in [-0.4, -0.2) is 7.05 Å². The summed E-state index contributed by atoms with van der Waals surface area (Å²) in [5, 5.41) is 0.743. The van der Waals surface area contributed by atoms with Crippen LogP contribution in [0.5, 0.6) is 0 Å². The van der Waals surface area contributed by atoms with E-state index in [0.717, 1.165) is 15.2 Å². The van der Waals surface area contributed by atoms with Crippen molar-refractivity contribution >= 4 is 38.9 Å². The van der Waals surface area contributed by atoms with Gasteiger partial charge >= 0.3 is 0 Å². The molecule has 0 radical (unpaired) electrons. The lowest BCUT2D eigenvalue weighted by atomic mass is 9.86. The molecule has 3 heteroatoms. The number of aryl methyl sites for hydroxylation is 2. The summed E-state index contributed by atoms with van der Waals surface area (Å²) in [5.41, 5.74) is 6.13. The summed E-state index contributed by atoms with van der Waals surface area (Å²) in [6.45, 7) is 10.9. The lowest BCUT2D eigenvalue weighted by Crippen LogP contribution is -2.15. The number of nitrogens with zero attached hydrogens (tertiary/aromatic N) is 1. The Hall–Kier alpha value is -0.990. The minimum atomic E-state index is 0.159.